The number of pyridine rings is 1. The Hall–Kier alpha value is -2.41. The Balaban J connectivity index is 1.94. The van der Waals surface area contributed by atoms with Crippen molar-refractivity contribution in [1.82, 2.24) is 4.57 Å². The fourth-order valence-corrected chi connectivity index (χ4v) is 4.44. The Bertz CT molecular complexity index is 976. The topological polar surface area (TPSA) is 71.8 Å². The van der Waals surface area contributed by atoms with Gasteiger partial charge in [-0.1, -0.05) is 0 Å². The molecule has 6 nitrogen and oxygen atoms in total. The summed E-state index contributed by atoms with van der Waals surface area (Å²) >= 11 is 0. The highest BCUT2D eigenvalue weighted by atomic mass is 19.1. The number of carboxylic acids is 1. The van der Waals surface area contributed by atoms with Crippen molar-refractivity contribution in [3.63, 3.8) is 0 Å². The molecule has 0 bridgehead atoms. The maximum atomic E-state index is 15.1. The second kappa shape index (κ2) is 6.64. The molecule has 144 valence electrons. The van der Waals surface area contributed by atoms with Gasteiger partial charge in [0.1, 0.15) is 11.4 Å². The van der Waals surface area contributed by atoms with Gasteiger partial charge in [0.2, 0.25) is 5.43 Å². The Morgan fingerprint density at radius 2 is 2.00 bits per heavy atom. The molecule has 2 aliphatic heterocycles. The Kier molecular flexibility index (Phi) is 4.42. The molecule has 0 radical (unpaired) electrons. The standard InChI is InChI=1S/C20H23FN2O4/c1-11-3-4-13-17-14(19(24)15(20(25)26)10-23(11)17)9-16(21)18(13)22-7-5-12(27-2)6-8-22/h9-12H,3-8H2,1-2H3,(H,25,26)/t11-/m0/s1. The van der Waals surface area contributed by atoms with E-state index in [0.29, 0.717) is 30.7 Å². The molecule has 1 aromatic heterocycles. The zero-order valence-electron chi connectivity index (χ0n) is 15.5. The summed E-state index contributed by atoms with van der Waals surface area (Å²) in [5.74, 6) is -1.73. The lowest BCUT2D eigenvalue weighted by atomic mass is 9.93. The fraction of sp³-hybridized carbons (Fsp3) is 0.500. The number of anilines is 1. The van der Waals surface area contributed by atoms with E-state index in [1.165, 1.54) is 12.3 Å². The number of piperidine rings is 1. The summed E-state index contributed by atoms with van der Waals surface area (Å²) in [5.41, 5.74) is 1.12. The van der Waals surface area contributed by atoms with Crippen LogP contribution in [0.1, 0.15) is 48.1 Å². The second-order valence-electron chi connectivity index (χ2n) is 7.48. The van der Waals surface area contributed by atoms with E-state index in [-0.39, 0.29) is 23.1 Å². The first-order chi connectivity index (χ1) is 12.9. The van der Waals surface area contributed by atoms with E-state index in [4.69, 9.17) is 4.74 Å². The van der Waals surface area contributed by atoms with Crippen molar-refractivity contribution in [2.75, 3.05) is 25.1 Å². The van der Waals surface area contributed by atoms with Crippen LogP contribution < -0.4 is 10.3 Å². The van der Waals surface area contributed by atoms with Crippen LogP contribution in [-0.4, -0.2) is 41.9 Å². The quantitative estimate of drug-likeness (QED) is 0.894. The summed E-state index contributed by atoms with van der Waals surface area (Å²) < 4.78 is 22.4. The van der Waals surface area contributed by atoms with E-state index in [1.54, 1.807) is 7.11 Å². The van der Waals surface area contributed by atoms with Crippen molar-refractivity contribution in [3.05, 3.63) is 39.4 Å². The highest BCUT2D eigenvalue weighted by Gasteiger charge is 2.30. The zero-order valence-corrected chi connectivity index (χ0v) is 15.5. The third-order valence-electron chi connectivity index (χ3n) is 5.95. The van der Waals surface area contributed by atoms with Gasteiger partial charge in [-0.15, -0.1) is 0 Å². The van der Waals surface area contributed by atoms with Crippen LogP contribution >= 0.6 is 0 Å². The maximum Gasteiger partial charge on any atom is 0.341 e. The van der Waals surface area contributed by atoms with Crippen molar-refractivity contribution >= 4 is 22.6 Å². The summed E-state index contributed by atoms with van der Waals surface area (Å²) in [6.07, 6.45) is 4.70. The van der Waals surface area contributed by atoms with Crippen molar-refractivity contribution in [2.24, 2.45) is 0 Å². The van der Waals surface area contributed by atoms with Gasteiger partial charge in [0.15, 0.2) is 0 Å². The van der Waals surface area contributed by atoms with Crippen LogP contribution in [0.15, 0.2) is 17.1 Å². The number of nitrogens with zero attached hydrogens (tertiary/aromatic N) is 2. The fourth-order valence-electron chi connectivity index (χ4n) is 4.44. The molecule has 7 heteroatoms. The van der Waals surface area contributed by atoms with Crippen molar-refractivity contribution in [2.45, 2.75) is 44.8 Å². The van der Waals surface area contributed by atoms with E-state index in [0.717, 1.165) is 24.8 Å². The third-order valence-corrected chi connectivity index (χ3v) is 5.95. The van der Waals surface area contributed by atoms with Gasteiger partial charge in [-0.05, 0) is 38.7 Å². The minimum Gasteiger partial charge on any atom is -0.477 e. The number of rotatable bonds is 3. The maximum absolute atomic E-state index is 15.1. The van der Waals surface area contributed by atoms with E-state index in [9.17, 15) is 14.7 Å². The first-order valence-electron chi connectivity index (χ1n) is 9.33. The number of aromatic nitrogens is 1. The van der Waals surface area contributed by atoms with Crippen LogP contribution in [-0.2, 0) is 11.2 Å². The molecule has 0 saturated carbocycles. The van der Waals surface area contributed by atoms with Gasteiger partial charge in [-0.25, -0.2) is 9.18 Å². The monoisotopic (exact) mass is 374 g/mol. The Labute approximate surface area is 156 Å². The first kappa shape index (κ1) is 18.0. The Morgan fingerprint density at radius 1 is 1.30 bits per heavy atom. The van der Waals surface area contributed by atoms with E-state index >= 15 is 4.39 Å². The van der Waals surface area contributed by atoms with E-state index in [1.807, 2.05) is 16.4 Å². The highest BCUT2D eigenvalue weighted by molar-refractivity contribution is 5.95. The molecule has 0 unspecified atom stereocenters. The van der Waals surface area contributed by atoms with Crippen molar-refractivity contribution in [1.29, 1.82) is 0 Å². The molecule has 0 amide bonds. The SMILES string of the molecule is COC1CCN(c2c(F)cc3c(=O)c(C(=O)O)cn4c3c2CC[C@@H]4C)CC1. The first-order valence-corrected chi connectivity index (χ1v) is 9.33. The van der Waals surface area contributed by atoms with Gasteiger partial charge < -0.3 is 19.3 Å². The number of carboxylic acid groups (broad SMARTS) is 1. The highest BCUT2D eigenvalue weighted by Crippen LogP contribution is 2.38. The molecule has 2 aromatic rings. The van der Waals surface area contributed by atoms with Crippen molar-refractivity contribution < 1.29 is 19.0 Å². The van der Waals surface area contributed by atoms with Gasteiger partial charge in [-0.3, -0.25) is 4.79 Å². The number of aromatic carboxylic acids is 1. The number of hydrogen-bond donors (Lipinski definition) is 1. The van der Waals surface area contributed by atoms with Gasteiger partial charge in [0.25, 0.3) is 0 Å². The molecular weight excluding hydrogens is 351 g/mol. The lowest BCUT2D eigenvalue weighted by Crippen LogP contribution is -2.38. The largest absolute Gasteiger partial charge is 0.477 e. The molecule has 0 spiro atoms. The minimum absolute atomic E-state index is 0.0521. The number of aryl methyl sites for hydroxylation is 1. The smallest absolute Gasteiger partial charge is 0.341 e. The van der Waals surface area contributed by atoms with Crippen LogP contribution in [0, 0.1) is 5.82 Å². The molecule has 1 fully saturated rings. The molecule has 0 aliphatic carbocycles. The van der Waals surface area contributed by atoms with Crippen molar-refractivity contribution in [3.8, 4) is 0 Å². The predicted octanol–water partition coefficient (Wildman–Crippen LogP) is 2.96. The summed E-state index contributed by atoms with van der Waals surface area (Å²) in [5, 5.41) is 9.52. The number of hydrogen-bond acceptors (Lipinski definition) is 4. The Morgan fingerprint density at radius 3 is 2.63 bits per heavy atom. The normalized spacial score (nSPS) is 20.3. The van der Waals surface area contributed by atoms with Crippen LogP contribution in [0.2, 0.25) is 0 Å². The lowest BCUT2D eigenvalue weighted by Gasteiger charge is -2.36. The predicted molar refractivity (Wildman–Crippen MR) is 100 cm³/mol. The van der Waals surface area contributed by atoms with E-state index < -0.39 is 17.2 Å². The molecule has 1 N–H and O–H groups in total. The summed E-state index contributed by atoms with van der Waals surface area (Å²) in [4.78, 5) is 26.2. The number of benzene rings is 1. The van der Waals surface area contributed by atoms with Crippen LogP contribution in [0.5, 0.6) is 0 Å². The number of methoxy groups -OCH3 is 1. The molecular formula is C20H23FN2O4. The average molecular weight is 374 g/mol. The van der Waals surface area contributed by atoms with E-state index in [2.05, 4.69) is 0 Å². The van der Waals surface area contributed by atoms with Crippen LogP contribution in [0.3, 0.4) is 0 Å². The van der Waals surface area contributed by atoms with Crippen LogP contribution in [0.4, 0.5) is 10.1 Å². The third kappa shape index (κ3) is 2.81. The number of ether oxygens (including phenoxy) is 1. The van der Waals surface area contributed by atoms with Crippen LogP contribution in [0.25, 0.3) is 10.9 Å². The lowest BCUT2D eigenvalue weighted by molar-refractivity contribution is 0.0694. The molecule has 1 atom stereocenters. The summed E-state index contributed by atoms with van der Waals surface area (Å²) in [7, 11) is 1.70. The summed E-state index contributed by atoms with van der Waals surface area (Å²) in [6.45, 7) is 3.38. The zero-order chi connectivity index (χ0) is 19.3. The molecule has 4 rings (SSSR count). The van der Waals surface area contributed by atoms with Gasteiger partial charge in [-0.2, -0.15) is 0 Å². The summed E-state index contributed by atoms with van der Waals surface area (Å²) in [6, 6.07) is 1.27. The second-order valence-corrected chi connectivity index (χ2v) is 7.48. The number of halogens is 1. The minimum atomic E-state index is -1.28. The van der Waals surface area contributed by atoms with Gasteiger partial charge in [0, 0.05) is 43.4 Å². The number of carbonyl (C=O) groups is 1. The molecule has 27 heavy (non-hydrogen) atoms. The molecule has 2 aliphatic rings. The average Bonchev–Trinajstić information content (AvgIpc) is 2.66. The molecule has 1 aromatic carbocycles. The van der Waals surface area contributed by atoms with Gasteiger partial charge >= 0.3 is 5.97 Å². The molecule has 1 saturated heterocycles. The molecule has 3 heterocycles. The van der Waals surface area contributed by atoms with Gasteiger partial charge in [0.05, 0.1) is 17.3 Å².